The SMILES string of the molecule is c1ccc(-c2cc(-c3ccccc3)nc(-c3cc(-c4nc(-c5ccccc5)cc(-c5ccccc5)n4)cc(-n4c5ccccc5c5cc6sc7ccccc7c6cc54)c3)n2)cc1.c1ccc(-c2cc(-c3ccccc3)nc(-c3cc(-n4c5ccccc5c5cc6sc7ccccc7c6cc54)cc(-n4c5ccccc5c5cc6sc7ccccc7c6cc54)c3)n2)cc1. The van der Waals surface area contributed by atoms with E-state index in [2.05, 4.69) is 408 Å². The zero-order valence-corrected chi connectivity index (χ0v) is 70.0. The Labute approximate surface area is 735 Å². The zero-order chi connectivity index (χ0) is 82.9. The van der Waals surface area contributed by atoms with Crippen molar-refractivity contribution in [2.75, 3.05) is 0 Å². The van der Waals surface area contributed by atoms with Crippen LogP contribution in [0, 0.1) is 0 Å². The Kier molecular flexibility index (Phi) is 17.3. The molecule has 12 heteroatoms. The van der Waals surface area contributed by atoms with Crippen LogP contribution in [0.5, 0.6) is 0 Å². The molecule has 0 atom stereocenters. The van der Waals surface area contributed by atoms with E-state index in [9.17, 15) is 0 Å². The maximum atomic E-state index is 5.40. The normalized spacial score (nSPS) is 11.8. The fraction of sp³-hybridized carbons (Fsp3) is 0. The van der Waals surface area contributed by atoms with Crippen LogP contribution >= 0.6 is 34.0 Å². The Bertz CT molecular complexity index is 8310. The number of hydrogen-bond acceptors (Lipinski definition) is 9. The van der Waals surface area contributed by atoms with Crippen LogP contribution in [0.1, 0.15) is 0 Å². The van der Waals surface area contributed by atoms with E-state index >= 15 is 0 Å². The number of benzene rings is 17. The minimum atomic E-state index is 0.614. The van der Waals surface area contributed by atoms with Gasteiger partial charge in [-0.05, 0) is 127 Å². The van der Waals surface area contributed by atoms with Gasteiger partial charge in [0.25, 0.3) is 0 Å². The number of fused-ring (bicyclic) bond motifs is 18. The third-order valence-electron chi connectivity index (χ3n) is 24.5. The standard InChI is InChI=1S/C58H34N4S2.C56H35N5S/c1-3-15-35(16-4-1)48-34-49(36-17-5-2-6-18-36)60-58(59-48)37-27-38(61-50-23-11-7-19-40(50)44-32-56-46(30-52(44)61)42-21-9-13-25-54(42)63-56)29-39(28-37)62-51-24-12-8-20-41(51)45-33-57-47(31-53(45)62)43-22-10-14-26-55(43)64-57;1-5-17-36(18-6-1)47-34-48(37-19-7-2-8-20-37)58-55(57-47)40-29-41(56-59-49(38-21-9-3-10-22-38)35-50(60-56)39-23-11-4-12-24-39)31-42(30-40)61-51-27-15-13-25-43(51)45-33-54-46(32-52(45)61)44-26-14-16-28-53(44)62-54/h1-34H;1-35H. The lowest BCUT2D eigenvalue weighted by Gasteiger charge is -2.16. The van der Waals surface area contributed by atoms with Crippen molar-refractivity contribution in [2.45, 2.75) is 0 Å². The van der Waals surface area contributed by atoms with E-state index in [4.69, 9.17) is 29.9 Å². The molecule has 9 aromatic heterocycles. The average Bonchev–Trinajstić information content (AvgIpc) is 1.56. The second-order valence-corrected chi connectivity index (χ2v) is 35.3. The summed E-state index contributed by atoms with van der Waals surface area (Å²) in [4.78, 5) is 32.1. The number of nitrogens with zero attached hydrogens (tertiary/aromatic N) is 9. The monoisotopic (exact) mass is 1660 g/mol. The molecule has 26 aromatic rings. The number of rotatable bonds is 12. The van der Waals surface area contributed by atoms with Gasteiger partial charge in [-0.2, -0.15) is 0 Å². The zero-order valence-electron chi connectivity index (χ0n) is 67.6. The van der Waals surface area contributed by atoms with Crippen LogP contribution in [0.15, 0.2) is 419 Å². The second kappa shape index (κ2) is 30.0. The van der Waals surface area contributed by atoms with Crippen molar-refractivity contribution in [1.29, 1.82) is 0 Å². The van der Waals surface area contributed by atoms with E-state index in [-0.39, 0.29) is 0 Å². The van der Waals surface area contributed by atoms with Gasteiger partial charge >= 0.3 is 0 Å². The van der Waals surface area contributed by atoms with E-state index in [0.717, 1.165) is 134 Å². The maximum Gasteiger partial charge on any atom is 0.160 e. The summed E-state index contributed by atoms with van der Waals surface area (Å²) in [6, 6.07) is 149. The molecule has 126 heavy (non-hydrogen) atoms. The summed E-state index contributed by atoms with van der Waals surface area (Å²) in [5.74, 6) is 1.90. The summed E-state index contributed by atoms with van der Waals surface area (Å²) < 4.78 is 15.1. The lowest BCUT2D eigenvalue weighted by Crippen LogP contribution is -2.02. The van der Waals surface area contributed by atoms with Crippen LogP contribution in [0.25, 0.3) is 245 Å². The van der Waals surface area contributed by atoms with Gasteiger partial charge in [-0.3, -0.25) is 0 Å². The van der Waals surface area contributed by atoms with Crippen LogP contribution in [-0.2, 0) is 0 Å². The lowest BCUT2D eigenvalue weighted by molar-refractivity contribution is 1.12. The summed E-state index contributed by atoms with van der Waals surface area (Å²) in [6.45, 7) is 0. The molecule has 0 saturated carbocycles. The Morgan fingerprint density at radius 3 is 0.635 bits per heavy atom. The van der Waals surface area contributed by atoms with Gasteiger partial charge in [-0.1, -0.05) is 291 Å². The molecule has 0 bridgehead atoms. The highest BCUT2D eigenvalue weighted by atomic mass is 32.1. The van der Waals surface area contributed by atoms with Crippen molar-refractivity contribution in [3.8, 4) is 119 Å². The van der Waals surface area contributed by atoms with Gasteiger partial charge in [-0.25, -0.2) is 29.9 Å². The highest BCUT2D eigenvalue weighted by molar-refractivity contribution is 7.26. The molecule has 0 saturated heterocycles. The Morgan fingerprint density at radius 2 is 0.365 bits per heavy atom. The number of aromatic nitrogens is 9. The molecule has 0 radical (unpaired) electrons. The van der Waals surface area contributed by atoms with Gasteiger partial charge in [0.1, 0.15) is 0 Å². The molecule has 0 N–H and O–H groups in total. The second-order valence-electron chi connectivity index (χ2n) is 32.0. The van der Waals surface area contributed by atoms with Crippen molar-refractivity contribution in [3.05, 3.63) is 419 Å². The van der Waals surface area contributed by atoms with Crippen molar-refractivity contribution in [2.24, 2.45) is 0 Å². The minimum absolute atomic E-state index is 0.614. The van der Waals surface area contributed by atoms with Crippen molar-refractivity contribution < 1.29 is 0 Å². The predicted octanol–water partition coefficient (Wildman–Crippen LogP) is 31.1. The van der Waals surface area contributed by atoms with Gasteiger partial charge in [-0.15, -0.1) is 34.0 Å². The van der Waals surface area contributed by atoms with Gasteiger partial charge < -0.3 is 13.7 Å². The molecule has 588 valence electrons. The highest BCUT2D eigenvalue weighted by Crippen LogP contribution is 2.48. The van der Waals surface area contributed by atoms with Crippen LogP contribution < -0.4 is 0 Å². The first kappa shape index (κ1) is 72.8. The largest absolute Gasteiger partial charge is 0.309 e. The third-order valence-corrected chi connectivity index (χ3v) is 27.9. The Morgan fingerprint density at radius 1 is 0.143 bits per heavy atom. The van der Waals surface area contributed by atoms with E-state index in [1.165, 1.54) is 92.8 Å². The van der Waals surface area contributed by atoms with Crippen LogP contribution in [-0.4, -0.2) is 43.6 Å². The lowest BCUT2D eigenvalue weighted by atomic mass is 10.0. The Balaban J connectivity index is 0.000000137. The molecule has 0 spiro atoms. The molecule has 9 nitrogen and oxygen atoms in total. The third kappa shape index (κ3) is 12.6. The van der Waals surface area contributed by atoms with Gasteiger partial charge in [0, 0.05) is 160 Å². The smallest absolute Gasteiger partial charge is 0.160 e. The summed E-state index contributed by atoms with van der Waals surface area (Å²) in [5.41, 5.74) is 23.9. The van der Waals surface area contributed by atoms with Gasteiger partial charge in [0.15, 0.2) is 17.5 Å². The van der Waals surface area contributed by atoms with E-state index in [1.807, 2.05) is 58.3 Å². The van der Waals surface area contributed by atoms with Gasteiger partial charge in [0.05, 0.1) is 67.3 Å². The molecule has 0 aliphatic carbocycles. The molecule has 0 amide bonds. The molecule has 0 aliphatic rings. The van der Waals surface area contributed by atoms with Crippen molar-refractivity contribution in [1.82, 2.24) is 43.6 Å². The average molecular weight is 1660 g/mol. The summed E-state index contributed by atoms with van der Waals surface area (Å²) in [6.07, 6.45) is 0. The molecule has 0 unspecified atom stereocenters. The number of para-hydroxylation sites is 3. The predicted molar refractivity (Wildman–Crippen MR) is 530 cm³/mol. The maximum absolute atomic E-state index is 5.40. The van der Waals surface area contributed by atoms with Crippen molar-refractivity contribution in [3.63, 3.8) is 0 Å². The van der Waals surface area contributed by atoms with Crippen molar-refractivity contribution >= 4 is 160 Å². The van der Waals surface area contributed by atoms with Crippen LogP contribution in [0.2, 0.25) is 0 Å². The molecular formula is C114H69N9S3. The quantitative estimate of drug-likeness (QED) is 0.121. The topological polar surface area (TPSA) is 92.1 Å². The van der Waals surface area contributed by atoms with E-state index in [1.54, 1.807) is 0 Å². The first-order chi connectivity index (χ1) is 62.4. The first-order valence-electron chi connectivity index (χ1n) is 42.3. The molecule has 9 heterocycles. The van der Waals surface area contributed by atoms with Crippen LogP contribution in [0.3, 0.4) is 0 Å². The summed E-state index contributed by atoms with van der Waals surface area (Å²) in [7, 11) is 0. The fourth-order valence-corrected chi connectivity index (χ4v) is 22.0. The summed E-state index contributed by atoms with van der Waals surface area (Å²) >= 11 is 5.58. The number of thiophene rings is 3. The van der Waals surface area contributed by atoms with Crippen LogP contribution in [0.4, 0.5) is 0 Å². The van der Waals surface area contributed by atoms with Gasteiger partial charge in [0.2, 0.25) is 0 Å². The minimum Gasteiger partial charge on any atom is -0.309 e. The molecular weight excluding hydrogens is 1590 g/mol. The number of hydrogen-bond donors (Lipinski definition) is 0. The first-order valence-corrected chi connectivity index (χ1v) is 44.7. The van der Waals surface area contributed by atoms with E-state index < -0.39 is 0 Å². The molecule has 0 fully saturated rings. The fourth-order valence-electron chi connectivity index (χ4n) is 18.6. The molecule has 17 aromatic carbocycles. The molecule has 26 rings (SSSR count). The highest BCUT2D eigenvalue weighted by Gasteiger charge is 2.26. The Hall–Kier alpha value is -16.0. The summed E-state index contributed by atoms with van der Waals surface area (Å²) in [5, 5.41) is 14.9. The van der Waals surface area contributed by atoms with E-state index in [0.29, 0.717) is 17.5 Å². The molecule has 0 aliphatic heterocycles.